The second-order valence-corrected chi connectivity index (χ2v) is 10.7. The minimum atomic E-state index is -3.13. The fraction of sp³-hybridized carbons (Fsp3) is 0.391. The lowest BCUT2D eigenvalue weighted by atomic mass is 10.1. The second-order valence-electron chi connectivity index (χ2n) is 8.48. The predicted octanol–water partition coefficient (Wildman–Crippen LogP) is 2.48. The highest BCUT2D eigenvalue weighted by molar-refractivity contribution is 7.91. The first-order valence-corrected chi connectivity index (χ1v) is 12.6. The summed E-state index contributed by atoms with van der Waals surface area (Å²) in [6, 6.07) is 10.7. The van der Waals surface area contributed by atoms with Crippen molar-refractivity contribution in [3.8, 4) is 11.3 Å². The SMILES string of the molecule is CC(C)n1ncc2c(C(=O)OCC(=O)N(C)[C@H]3CCS(=O)(=O)C3)cc(-c3ccccc3)nc21. The van der Waals surface area contributed by atoms with Gasteiger partial charge >= 0.3 is 5.97 Å². The van der Waals surface area contributed by atoms with Crippen LogP contribution < -0.4 is 0 Å². The van der Waals surface area contributed by atoms with Crippen molar-refractivity contribution in [2.75, 3.05) is 25.2 Å². The standard InChI is InChI=1S/C23H26N4O5S/c1-15(2)27-22-19(12-24-27)18(11-20(25-22)16-7-5-4-6-8-16)23(29)32-13-21(28)26(3)17-9-10-33(30,31)14-17/h4-8,11-12,15,17H,9-10,13-14H2,1-3H3/t17-/m0/s1. The van der Waals surface area contributed by atoms with Crippen molar-refractivity contribution in [2.45, 2.75) is 32.4 Å². The minimum Gasteiger partial charge on any atom is -0.452 e. The summed E-state index contributed by atoms with van der Waals surface area (Å²) in [6.45, 7) is 3.47. The number of amides is 1. The van der Waals surface area contributed by atoms with Crippen molar-refractivity contribution in [2.24, 2.45) is 0 Å². The Balaban J connectivity index is 1.59. The summed E-state index contributed by atoms with van der Waals surface area (Å²) in [4.78, 5) is 31.6. The maximum absolute atomic E-state index is 13.0. The van der Waals surface area contributed by atoms with Crippen LogP contribution >= 0.6 is 0 Å². The predicted molar refractivity (Wildman–Crippen MR) is 123 cm³/mol. The number of hydrogen-bond acceptors (Lipinski definition) is 7. The Morgan fingerprint density at radius 2 is 1.97 bits per heavy atom. The zero-order chi connectivity index (χ0) is 23.8. The van der Waals surface area contributed by atoms with Crippen LogP contribution in [0, 0.1) is 0 Å². The molecular formula is C23H26N4O5S. The van der Waals surface area contributed by atoms with Crippen LogP contribution in [0.2, 0.25) is 0 Å². The molecule has 1 atom stereocenters. The van der Waals surface area contributed by atoms with E-state index in [2.05, 4.69) is 5.10 Å². The quantitative estimate of drug-likeness (QED) is 0.509. The van der Waals surface area contributed by atoms with E-state index < -0.39 is 34.4 Å². The molecule has 0 spiro atoms. The Morgan fingerprint density at radius 3 is 2.61 bits per heavy atom. The normalized spacial score (nSPS) is 17.4. The first-order chi connectivity index (χ1) is 15.7. The summed E-state index contributed by atoms with van der Waals surface area (Å²) in [6.07, 6.45) is 1.96. The van der Waals surface area contributed by atoms with Crippen LogP contribution in [0.3, 0.4) is 0 Å². The molecule has 1 saturated heterocycles. The largest absolute Gasteiger partial charge is 0.452 e. The summed E-state index contributed by atoms with van der Waals surface area (Å²) in [5, 5.41) is 4.91. The fourth-order valence-electron chi connectivity index (χ4n) is 3.91. The highest BCUT2D eigenvalue weighted by atomic mass is 32.2. The van der Waals surface area contributed by atoms with E-state index in [0.29, 0.717) is 23.1 Å². The molecule has 0 unspecified atom stereocenters. The zero-order valence-electron chi connectivity index (χ0n) is 18.8. The first kappa shape index (κ1) is 22.9. The van der Waals surface area contributed by atoms with Gasteiger partial charge in [-0.1, -0.05) is 30.3 Å². The molecule has 3 heterocycles. The number of rotatable bonds is 6. The van der Waals surface area contributed by atoms with Gasteiger partial charge in [0.05, 0.1) is 34.3 Å². The van der Waals surface area contributed by atoms with E-state index >= 15 is 0 Å². The van der Waals surface area contributed by atoms with Gasteiger partial charge in [0.15, 0.2) is 22.1 Å². The molecule has 1 aliphatic rings. The molecule has 0 aliphatic carbocycles. The molecular weight excluding hydrogens is 444 g/mol. The van der Waals surface area contributed by atoms with Crippen molar-refractivity contribution in [1.82, 2.24) is 19.7 Å². The van der Waals surface area contributed by atoms with E-state index in [4.69, 9.17) is 9.72 Å². The zero-order valence-corrected chi connectivity index (χ0v) is 19.6. The average Bonchev–Trinajstić information content (AvgIpc) is 3.39. The lowest BCUT2D eigenvalue weighted by molar-refractivity contribution is -0.134. The van der Waals surface area contributed by atoms with Crippen molar-refractivity contribution in [3.63, 3.8) is 0 Å². The summed E-state index contributed by atoms with van der Waals surface area (Å²) < 4.78 is 30.5. The third-order valence-electron chi connectivity index (χ3n) is 5.82. The summed E-state index contributed by atoms with van der Waals surface area (Å²) in [5.41, 5.74) is 2.25. The number of aromatic nitrogens is 3. The van der Waals surface area contributed by atoms with E-state index in [-0.39, 0.29) is 23.1 Å². The Kier molecular flexibility index (Phi) is 6.20. The topological polar surface area (TPSA) is 111 Å². The van der Waals surface area contributed by atoms with Crippen molar-refractivity contribution >= 4 is 32.7 Å². The smallest absolute Gasteiger partial charge is 0.339 e. The molecule has 0 saturated carbocycles. The molecule has 10 heteroatoms. The van der Waals surface area contributed by atoms with Gasteiger partial charge in [0.2, 0.25) is 0 Å². The van der Waals surface area contributed by atoms with Gasteiger partial charge in [0.1, 0.15) is 0 Å². The number of likely N-dealkylation sites (N-methyl/N-ethyl adjacent to an activating group) is 1. The molecule has 174 valence electrons. The minimum absolute atomic E-state index is 0.0304. The van der Waals surface area contributed by atoms with Crippen LogP contribution in [-0.2, 0) is 19.4 Å². The van der Waals surface area contributed by atoms with E-state index in [1.165, 1.54) is 11.9 Å². The molecule has 1 aromatic carbocycles. The third kappa shape index (κ3) is 4.75. The maximum atomic E-state index is 13.0. The van der Waals surface area contributed by atoms with Crippen molar-refractivity contribution < 1.29 is 22.7 Å². The van der Waals surface area contributed by atoms with E-state index in [9.17, 15) is 18.0 Å². The molecule has 33 heavy (non-hydrogen) atoms. The fourth-order valence-corrected chi connectivity index (χ4v) is 5.69. The summed E-state index contributed by atoms with van der Waals surface area (Å²) in [7, 11) is -1.59. The Hall–Kier alpha value is -3.27. The molecule has 3 aromatic rings. The number of ether oxygens (including phenoxy) is 1. The van der Waals surface area contributed by atoms with E-state index in [1.54, 1.807) is 16.9 Å². The second kappa shape index (κ2) is 8.93. The van der Waals surface area contributed by atoms with Crippen LogP contribution in [-0.4, -0.2) is 71.2 Å². The molecule has 0 radical (unpaired) electrons. The van der Waals surface area contributed by atoms with Crippen LogP contribution in [0.4, 0.5) is 0 Å². The third-order valence-corrected chi connectivity index (χ3v) is 7.57. The van der Waals surface area contributed by atoms with Gasteiger partial charge in [-0.05, 0) is 26.3 Å². The first-order valence-electron chi connectivity index (χ1n) is 10.7. The molecule has 9 nitrogen and oxygen atoms in total. The van der Waals surface area contributed by atoms with Crippen molar-refractivity contribution in [3.05, 3.63) is 48.2 Å². The van der Waals surface area contributed by atoms with Gasteiger partial charge in [-0.3, -0.25) is 4.79 Å². The van der Waals surface area contributed by atoms with Gasteiger partial charge in [-0.15, -0.1) is 0 Å². The number of pyridine rings is 1. The number of hydrogen-bond donors (Lipinski definition) is 0. The lowest BCUT2D eigenvalue weighted by Crippen LogP contribution is -2.40. The molecule has 1 amide bonds. The number of carbonyl (C=O) groups is 2. The average molecular weight is 471 g/mol. The van der Waals surface area contributed by atoms with Crippen LogP contribution in [0.1, 0.15) is 36.7 Å². The monoisotopic (exact) mass is 470 g/mol. The molecule has 0 N–H and O–H groups in total. The van der Waals surface area contributed by atoms with Crippen LogP contribution in [0.5, 0.6) is 0 Å². The number of nitrogens with zero attached hydrogens (tertiary/aromatic N) is 4. The van der Waals surface area contributed by atoms with Gasteiger partial charge in [-0.2, -0.15) is 5.10 Å². The Morgan fingerprint density at radius 1 is 1.24 bits per heavy atom. The number of fused-ring (bicyclic) bond motifs is 1. The Labute approximate surface area is 192 Å². The highest BCUT2D eigenvalue weighted by Gasteiger charge is 2.33. The summed E-state index contributed by atoms with van der Waals surface area (Å²) in [5.74, 6) is -1.12. The van der Waals surface area contributed by atoms with E-state index in [1.807, 2.05) is 44.2 Å². The highest BCUT2D eigenvalue weighted by Crippen LogP contribution is 2.27. The van der Waals surface area contributed by atoms with Gasteiger partial charge in [-0.25, -0.2) is 22.9 Å². The van der Waals surface area contributed by atoms with Gasteiger partial charge in [0.25, 0.3) is 5.91 Å². The summed E-state index contributed by atoms with van der Waals surface area (Å²) >= 11 is 0. The molecule has 2 aromatic heterocycles. The van der Waals surface area contributed by atoms with Gasteiger partial charge < -0.3 is 9.64 Å². The molecule has 4 rings (SSSR count). The lowest BCUT2D eigenvalue weighted by Gasteiger charge is -2.23. The number of esters is 1. The van der Waals surface area contributed by atoms with Crippen molar-refractivity contribution in [1.29, 1.82) is 0 Å². The van der Waals surface area contributed by atoms with Crippen LogP contribution in [0.15, 0.2) is 42.6 Å². The van der Waals surface area contributed by atoms with E-state index in [0.717, 1.165) is 5.56 Å². The molecule has 1 fully saturated rings. The number of sulfone groups is 1. The molecule has 1 aliphatic heterocycles. The number of benzene rings is 1. The number of carbonyl (C=O) groups excluding carboxylic acids is 2. The van der Waals surface area contributed by atoms with Crippen LogP contribution in [0.25, 0.3) is 22.3 Å². The Bertz CT molecular complexity index is 1300. The maximum Gasteiger partial charge on any atom is 0.339 e. The molecule has 0 bridgehead atoms. The van der Waals surface area contributed by atoms with Gasteiger partial charge in [0, 0.05) is 24.7 Å².